The molecule has 4 nitrogen and oxygen atoms in total. The molecule has 1 aliphatic rings. The fraction of sp³-hybridized carbons (Fsp3) is 0.667. The van der Waals surface area contributed by atoms with Crippen molar-refractivity contribution in [2.45, 2.75) is 39.2 Å². The minimum Gasteiger partial charge on any atom is -0.388 e. The lowest BCUT2D eigenvalue weighted by atomic mass is 10.1. The largest absolute Gasteiger partial charge is 0.388 e. The second kappa shape index (κ2) is 4.01. The summed E-state index contributed by atoms with van der Waals surface area (Å²) in [5, 5.41) is 9.94. The molecule has 1 unspecified atom stereocenters. The molecule has 1 N–H and O–H groups in total. The Morgan fingerprint density at radius 3 is 2.81 bits per heavy atom. The molecule has 16 heavy (non-hydrogen) atoms. The molecule has 1 fully saturated rings. The van der Waals surface area contributed by atoms with E-state index in [-0.39, 0.29) is 0 Å². The Labute approximate surface area is 96.3 Å². The van der Waals surface area contributed by atoms with Crippen LogP contribution in [0.15, 0.2) is 6.07 Å². The van der Waals surface area contributed by atoms with Gasteiger partial charge in [-0.3, -0.25) is 0 Å². The molecular weight excluding hydrogens is 202 g/mol. The minimum absolute atomic E-state index is 0.578. The Hall–Kier alpha value is -1.16. The van der Waals surface area contributed by atoms with E-state index in [0.29, 0.717) is 6.54 Å². The molecule has 1 aromatic heterocycles. The lowest BCUT2D eigenvalue weighted by Crippen LogP contribution is -2.30. The first-order valence-electron chi connectivity index (χ1n) is 5.82. The average molecular weight is 221 g/mol. The quantitative estimate of drug-likeness (QED) is 0.818. The zero-order valence-electron chi connectivity index (χ0n) is 10.2. The maximum Gasteiger partial charge on any atom is 0.132 e. The number of aliphatic hydroxyl groups is 1. The molecule has 0 saturated carbocycles. The van der Waals surface area contributed by atoms with Gasteiger partial charge in [-0.1, -0.05) is 6.92 Å². The van der Waals surface area contributed by atoms with E-state index < -0.39 is 5.60 Å². The Bertz CT molecular complexity index is 390. The Morgan fingerprint density at radius 1 is 1.50 bits per heavy atom. The van der Waals surface area contributed by atoms with Crippen molar-refractivity contribution in [2.75, 3.05) is 18.0 Å². The molecule has 1 aromatic rings. The Morgan fingerprint density at radius 2 is 2.25 bits per heavy atom. The molecule has 88 valence electrons. The van der Waals surface area contributed by atoms with Gasteiger partial charge in [0.15, 0.2) is 0 Å². The number of hydrogen-bond acceptors (Lipinski definition) is 4. The molecule has 2 rings (SSSR count). The zero-order chi connectivity index (χ0) is 11.8. The number of rotatable bonds is 2. The second-order valence-electron chi connectivity index (χ2n) is 4.79. The van der Waals surface area contributed by atoms with Gasteiger partial charge in [-0.25, -0.2) is 9.97 Å². The van der Waals surface area contributed by atoms with E-state index in [9.17, 15) is 5.11 Å². The third kappa shape index (κ3) is 2.32. The number of hydrogen-bond donors (Lipinski definition) is 1. The number of aryl methyl sites for hydroxylation is 2. The van der Waals surface area contributed by atoms with E-state index in [0.717, 1.165) is 36.7 Å². The van der Waals surface area contributed by atoms with Gasteiger partial charge in [-0.2, -0.15) is 0 Å². The van der Waals surface area contributed by atoms with E-state index in [1.807, 2.05) is 19.9 Å². The lowest BCUT2D eigenvalue weighted by Gasteiger charge is -2.20. The summed E-state index contributed by atoms with van der Waals surface area (Å²) in [5.41, 5.74) is 0.486. The van der Waals surface area contributed by atoms with Crippen LogP contribution in [-0.2, 0) is 6.42 Å². The van der Waals surface area contributed by atoms with Crippen molar-refractivity contribution < 1.29 is 5.11 Å². The van der Waals surface area contributed by atoms with Gasteiger partial charge in [-0.05, 0) is 26.7 Å². The highest BCUT2D eigenvalue weighted by molar-refractivity contribution is 5.42. The van der Waals surface area contributed by atoms with Crippen molar-refractivity contribution in [2.24, 2.45) is 0 Å². The van der Waals surface area contributed by atoms with E-state index >= 15 is 0 Å². The van der Waals surface area contributed by atoms with Gasteiger partial charge in [0.1, 0.15) is 11.6 Å². The van der Waals surface area contributed by atoms with Gasteiger partial charge in [0, 0.05) is 24.8 Å². The van der Waals surface area contributed by atoms with Gasteiger partial charge in [0.25, 0.3) is 0 Å². The van der Waals surface area contributed by atoms with Crippen LogP contribution in [0.3, 0.4) is 0 Å². The summed E-state index contributed by atoms with van der Waals surface area (Å²) in [6, 6.07) is 2.02. The minimum atomic E-state index is -0.578. The van der Waals surface area contributed by atoms with Crippen LogP contribution in [0.4, 0.5) is 5.82 Å². The van der Waals surface area contributed by atoms with Gasteiger partial charge in [-0.15, -0.1) is 0 Å². The SMILES string of the molecule is CCc1cc(N2CCC(C)(O)C2)nc(C)n1. The van der Waals surface area contributed by atoms with Gasteiger partial charge in [0.05, 0.1) is 5.60 Å². The highest BCUT2D eigenvalue weighted by atomic mass is 16.3. The monoisotopic (exact) mass is 221 g/mol. The molecular formula is C12H19N3O. The molecule has 0 amide bonds. The summed E-state index contributed by atoms with van der Waals surface area (Å²) in [7, 11) is 0. The van der Waals surface area contributed by atoms with Crippen molar-refractivity contribution in [3.05, 3.63) is 17.6 Å². The topological polar surface area (TPSA) is 49.2 Å². The third-order valence-corrected chi connectivity index (χ3v) is 3.02. The Kier molecular flexibility index (Phi) is 2.84. The molecule has 0 bridgehead atoms. The summed E-state index contributed by atoms with van der Waals surface area (Å²) in [6.45, 7) is 7.41. The predicted molar refractivity (Wildman–Crippen MR) is 63.6 cm³/mol. The zero-order valence-corrected chi connectivity index (χ0v) is 10.2. The number of β-amino-alcohol motifs (C(OH)–C–C–N with tert-alkyl or cyclic N) is 1. The van der Waals surface area contributed by atoms with E-state index in [1.54, 1.807) is 0 Å². The van der Waals surface area contributed by atoms with Crippen LogP contribution in [-0.4, -0.2) is 33.8 Å². The molecule has 0 aliphatic carbocycles. The van der Waals surface area contributed by atoms with Crippen LogP contribution in [0.5, 0.6) is 0 Å². The Balaban J connectivity index is 2.24. The average Bonchev–Trinajstić information content (AvgIpc) is 2.58. The summed E-state index contributed by atoms with van der Waals surface area (Å²) in [5.74, 6) is 1.75. The maximum atomic E-state index is 9.94. The van der Waals surface area contributed by atoms with Crippen molar-refractivity contribution in [1.82, 2.24) is 9.97 Å². The van der Waals surface area contributed by atoms with Crippen LogP contribution in [0.2, 0.25) is 0 Å². The van der Waals surface area contributed by atoms with Gasteiger partial charge in [0.2, 0.25) is 0 Å². The molecule has 1 atom stereocenters. The van der Waals surface area contributed by atoms with Crippen molar-refractivity contribution in [1.29, 1.82) is 0 Å². The summed E-state index contributed by atoms with van der Waals surface area (Å²) < 4.78 is 0. The van der Waals surface area contributed by atoms with Crippen molar-refractivity contribution in [3.8, 4) is 0 Å². The molecule has 4 heteroatoms. The van der Waals surface area contributed by atoms with E-state index in [2.05, 4.69) is 21.8 Å². The van der Waals surface area contributed by atoms with Gasteiger partial charge >= 0.3 is 0 Å². The molecule has 0 spiro atoms. The van der Waals surface area contributed by atoms with Crippen LogP contribution < -0.4 is 4.90 Å². The first-order chi connectivity index (χ1) is 7.50. The van der Waals surface area contributed by atoms with E-state index in [4.69, 9.17) is 0 Å². The molecule has 2 heterocycles. The number of aromatic nitrogens is 2. The second-order valence-corrected chi connectivity index (χ2v) is 4.79. The van der Waals surface area contributed by atoms with Crippen LogP contribution in [0, 0.1) is 6.92 Å². The molecule has 0 radical (unpaired) electrons. The van der Waals surface area contributed by atoms with Crippen LogP contribution in [0.25, 0.3) is 0 Å². The third-order valence-electron chi connectivity index (χ3n) is 3.02. The lowest BCUT2D eigenvalue weighted by molar-refractivity contribution is 0.0839. The first kappa shape index (κ1) is 11.3. The smallest absolute Gasteiger partial charge is 0.132 e. The maximum absolute atomic E-state index is 9.94. The molecule has 0 aromatic carbocycles. The molecule has 1 saturated heterocycles. The van der Waals surface area contributed by atoms with Crippen LogP contribution >= 0.6 is 0 Å². The summed E-state index contributed by atoms with van der Waals surface area (Å²) in [4.78, 5) is 10.9. The number of nitrogens with zero attached hydrogens (tertiary/aromatic N) is 3. The fourth-order valence-corrected chi connectivity index (χ4v) is 2.10. The van der Waals surface area contributed by atoms with Crippen molar-refractivity contribution in [3.63, 3.8) is 0 Å². The van der Waals surface area contributed by atoms with Crippen LogP contribution in [0.1, 0.15) is 31.8 Å². The molecule has 1 aliphatic heterocycles. The van der Waals surface area contributed by atoms with Gasteiger partial charge < -0.3 is 10.0 Å². The highest BCUT2D eigenvalue weighted by Gasteiger charge is 2.32. The summed E-state index contributed by atoms with van der Waals surface area (Å²) >= 11 is 0. The normalized spacial score (nSPS) is 25.1. The standard InChI is InChI=1S/C12H19N3O/c1-4-10-7-11(14-9(2)13-10)15-6-5-12(3,16)8-15/h7,16H,4-6,8H2,1-3H3. The van der Waals surface area contributed by atoms with Crippen molar-refractivity contribution >= 4 is 5.82 Å². The van der Waals surface area contributed by atoms with E-state index in [1.165, 1.54) is 0 Å². The first-order valence-corrected chi connectivity index (χ1v) is 5.82. The summed E-state index contributed by atoms with van der Waals surface area (Å²) in [6.07, 6.45) is 1.72. The predicted octanol–water partition coefficient (Wildman–Crippen LogP) is 1.31. The fourth-order valence-electron chi connectivity index (χ4n) is 2.10. The highest BCUT2D eigenvalue weighted by Crippen LogP contribution is 2.25. The number of anilines is 1.